The molecule has 1 amide bonds. The van der Waals surface area contributed by atoms with E-state index in [1.807, 2.05) is 57.3 Å². The fourth-order valence-corrected chi connectivity index (χ4v) is 2.03. The number of nitrogens with one attached hydrogen (secondary N) is 1. The molecule has 3 nitrogen and oxygen atoms in total. The van der Waals surface area contributed by atoms with Crippen LogP contribution in [0.15, 0.2) is 36.5 Å². The molecule has 0 radical (unpaired) electrons. The minimum Gasteiger partial charge on any atom is -0.320 e. The number of anilines is 1. The van der Waals surface area contributed by atoms with Gasteiger partial charge < -0.3 is 9.88 Å². The third-order valence-corrected chi connectivity index (χ3v) is 2.99. The van der Waals surface area contributed by atoms with E-state index in [0.717, 1.165) is 22.4 Å². The monoisotopic (exact) mass is 254 g/mol. The fourth-order valence-electron chi connectivity index (χ4n) is 2.03. The molecule has 0 aliphatic carbocycles. The Morgan fingerprint density at radius 2 is 1.84 bits per heavy atom. The number of para-hydroxylation sites is 1. The van der Waals surface area contributed by atoms with E-state index in [4.69, 9.17) is 0 Å². The predicted octanol–water partition coefficient (Wildman–Crippen LogP) is 2.34. The number of carbonyl (C=O) groups excluding carboxylic acids is 1. The second-order valence-electron chi connectivity index (χ2n) is 4.75. The zero-order chi connectivity index (χ0) is 13.8. The maximum atomic E-state index is 12.0. The lowest BCUT2D eigenvalue weighted by atomic mass is 10.1. The summed E-state index contributed by atoms with van der Waals surface area (Å²) >= 11 is 0. The number of aryl methyl sites for hydroxylation is 3. The lowest BCUT2D eigenvalue weighted by Crippen LogP contribution is -2.40. The van der Waals surface area contributed by atoms with Crippen molar-refractivity contribution < 1.29 is 9.36 Å². The highest BCUT2D eigenvalue weighted by molar-refractivity contribution is 5.91. The van der Waals surface area contributed by atoms with Gasteiger partial charge in [0.2, 0.25) is 6.54 Å². The topological polar surface area (TPSA) is 33.0 Å². The summed E-state index contributed by atoms with van der Waals surface area (Å²) in [7, 11) is 0. The van der Waals surface area contributed by atoms with Gasteiger partial charge in [0.15, 0.2) is 0 Å². The van der Waals surface area contributed by atoms with Crippen molar-refractivity contribution in [3.8, 4) is 0 Å². The van der Waals surface area contributed by atoms with Gasteiger partial charge in [-0.15, -0.1) is 6.07 Å². The van der Waals surface area contributed by atoms with E-state index in [1.54, 1.807) is 4.57 Å². The van der Waals surface area contributed by atoms with E-state index in [-0.39, 0.29) is 12.5 Å². The average Bonchev–Trinajstić information content (AvgIpc) is 2.34. The second kappa shape index (κ2) is 5.65. The molecule has 19 heavy (non-hydrogen) atoms. The standard InChI is InChI=1S/C16H18N2O/c1-12-6-5-9-18(10-12)11-15(19)17-16-13(2)7-4-8-14(16)3/h4-9H,11H2,1-3H3,(H,17,19). The van der Waals surface area contributed by atoms with Crippen molar-refractivity contribution in [1.82, 2.24) is 0 Å². The Hall–Kier alpha value is -2.16. The Morgan fingerprint density at radius 3 is 2.47 bits per heavy atom. The second-order valence-corrected chi connectivity index (χ2v) is 4.75. The summed E-state index contributed by atoms with van der Waals surface area (Å²) in [6.45, 7) is 6.22. The van der Waals surface area contributed by atoms with Crippen LogP contribution >= 0.6 is 0 Å². The minimum absolute atomic E-state index is 0.0377. The van der Waals surface area contributed by atoms with Gasteiger partial charge in [-0.25, -0.2) is 0 Å². The highest BCUT2D eigenvalue weighted by Gasteiger charge is 2.09. The number of nitrogens with zero attached hydrogens (tertiary/aromatic N) is 1. The van der Waals surface area contributed by atoms with Gasteiger partial charge in [-0.1, -0.05) is 30.7 Å². The van der Waals surface area contributed by atoms with Crippen molar-refractivity contribution >= 4 is 11.6 Å². The third-order valence-electron chi connectivity index (χ3n) is 2.99. The molecule has 0 unspecified atom stereocenters. The Balaban J connectivity index is 2.10. The summed E-state index contributed by atoms with van der Waals surface area (Å²) in [5.74, 6) is -0.0377. The molecule has 0 atom stereocenters. The van der Waals surface area contributed by atoms with E-state index in [1.165, 1.54) is 0 Å². The number of carbonyl (C=O) groups is 1. The van der Waals surface area contributed by atoms with Gasteiger partial charge >= 0.3 is 0 Å². The maximum absolute atomic E-state index is 12.0. The van der Waals surface area contributed by atoms with Crippen LogP contribution in [0, 0.1) is 27.0 Å². The van der Waals surface area contributed by atoms with Crippen molar-refractivity contribution in [3.05, 3.63) is 59.4 Å². The van der Waals surface area contributed by atoms with Crippen LogP contribution in [-0.4, -0.2) is 5.91 Å². The van der Waals surface area contributed by atoms with Crippen LogP contribution in [0.1, 0.15) is 16.7 Å². The van der Waals surface area contributed by atoms with Crippen molar-refractivity contribution in [2.45, 2.75) is 27.3 Å². The predicted molar refractivity (Wildman–Crippen MR) is 74.8 cm³/mol. The van der Waals surface area contributed by atoms with Crippen molar-refractivity contribution in [1.29, 1.82) is 0 Å². The number of rotatable bonds is 3. The first-order chi connectivity index (χ1) is 9.06. The highest BCUT2D eigenvalue weighted by atomic mass is 16.1. The van der Waals surface area contributed by atoms with Crippen LogP contribution < -0.4 is 9.88 Å². The molecule has 1 aromatic heterocycles. The van der Waals surface area contributed by atoms with Gasteiger partial charge in [0.25, 0.3) is 5.91 Å². The average molecular weight is 254 g/mol. The summed E-state index contributed by atoms with van der Waals surface area (Å²) in [4.78, 5) is 12.0. The zero-order valence-electron chi connectivity index (χ0n) is 11.5. The molecular formula is C16H18N2O. The first-order valence-electron chi connectivity index (χ1n) is 6.31. The van der Waals surface area contributed by atoms with Crippen LogP contribution in [-0.2, 0) is 11.3 Å². The lowest BCUT2D eigenvalue weighted by Gasteiger charge is -2.11. The van der Waals surface area contributed by atoms with Crippen molar-refractivity contribution in [2.24, 2.45) is 0 Å². The molecule has 0 saturated carbocycles. The van der Waals surface area contributed by atoms with Crippen molar-refractivity contribution in [3.63, 3.8) is 0 Å². The molecular weight excluding hydrogens is 236 g/mol. The number of benzene rings is 1. The van der Waals surface area contributed by atoms with E-state index in [2.05, 4.69) is 11.5 Å². The summed E-state index contributed by atoms with van der Waals surface area (Å²) in [6, 6.07) is 9.85. The van der Waals surface area contributed by atoms with E-state index in [9.17, 15) is 4.79 Å². The van der Waals surface area contributed by atoms with Gasteiger partial charge in [-0.2, -0.15) is 6.07 Å². The number of hydrogen-bond acceptors (Lipinski definition) is 1. The summed E-state index contributed by atoms with van der Waals surface area (Å²) < 4.78 is 1.76. The van der Waals surface area contributed by atoms with Crippen LogP contribution in [0.25, 0.3) is 0 Å². The van der Waals surface area contributed by atoms with E-state index < -0.39 is 0 Å². The quantitative estimate of drug-likeness (QED) is 0.662. The normalized spacial score (nSPS) is 10.3. The van der Waals surface area contributed by atoms with Gasteiger partial charge in [-0.3, -0.25) is 4.79 Å². The molecule has 3 heteroatoms. The first kappa shape index (κ1) is 13.3. The van der Waals surface area contributed by atoms with Gasteiger partial charge in [0, 0.05) is 5.69 Å². The molecule has 0 fully saturated rings. The summed E-state index contributed by atoms with van der Waals surface area (Å²) in [5.41, 5.74) is 4.07. The molecule has 1 aromatic carbocycles. The molecule has 98 valence electrons. The number of hydrogen-bond donors (Lipinski definition) is 1. The fraction of sp³-hybridized carbons (Fsp3) is 0.250. The molecule has 0 aliphatic heterocycles. The Bertz CT molecular complexity index is 585. The van der Waals surface area contributed by atoms with Crippen LogP contribution in [0.4, 0.5) is 5.69 Å². The van der Waals surface area contributed by atoms with Crippen LogP contribution in [0.3, 0.4) is 0 Å². The van der Waals surface area contributed by atoms with E-state index in [0.29, 0.717) is 0 Å². The molecule has 1 N–H and O–H groups in total. The van der Waals surface area contributed by atoms with E-state index >= 15 is 0 Å². The van der Waals surface area contributed by atoms with Gasteiger partial charge in [0.1, 0.15) is 6.20 Å². The largest absolute Gasteiger partial charge is 0.320 e. The Labute approximate surface area is 113 Å². The van der Waals surface area contributed by atoms with Gasteiger partial charge in [-0.05, 0) is 25.0 Å². The third kappa shape index (κ3) is 3.41. The van der Waals surface area contributed by atoms with Crippen molar-refractivity contribution in [2.75, 3.05) is 5.32 Å². The minimum atomic E-state index is -0.0377. The number of aromatic nitrogens is 1. The number of pyridine rings is 1. The molecule has 0 saturated heterocycles. The Kier molecular flexibility index (Phi) is 3.95. The highest BCUT2D eigenvalue weighted by Crippen LogP contribution is 2.19. The first-order valence-corrected chi connectivity index (χ1v) is 6.31. The zero-order valence-corrected chi connectivity index (χ0v) is 11.5. The molecule has 0 aliphatic rings. The smallest absolute Gasteiger partial charge is 0.288 e. The van der Waals surface area contributed by atoms with Gasteiger partial charge in [0.05, 0.1) is 6.20 Å². The van der Waals surface area contributed by atoms with Crippen LogP contribution in [0.2, 0.25) is 0 Å². The molecule has 2 rings (SSSR count). The lowest BCUT2D eigenvalue weighted by molar-refractivity contribution is -0.688. The SMILES string of the molecule is Cc1[c-][n+](CC(=O)Nc2c(C)cccc2C)ccc1. The molecule has 1 heterocycles. The molecule has 2 aromatic rings. The maximum Gasteiger partial charge on any atom is 0.288 e. The molecule has 0 bridgehead atoms. The number of amides is 1. The van der Waals surface area contributed by atoms with Crippen LogP contribution in [0.5, 0.6) is 0 Å². The summed E-state index contributed by atoms with van der Waals surface area (Å²) in [6.07, 6.45) is 4.95. The Morgan fingerprint density at radius 1 is 1.16 bits per heavy atom. The summed E-state index contributed by atoms with van der Waals surface area (Å²) in [5, 5.41) is 2.97. The molecule has 0 spiro atoms.